The third kappa shape index (κ3) is 5.61. The molecule has 1 aliphatic rings. The first-order chi connectivity index (χ1) is 8.88. The van der Waals surface area contributed by atoms with E-state index in [1.54, 1.807) is 0 Å². The van der Waals surface area contributed by atoms with Gasteiger partial charge in [0.2, 0.25) is 0 Å². The van der Waals surface area contributed by atoms with Crippen LogP contribution in [0.5, 0.6) is 5.75 Å². The van der Waals surface area contributed by atoms with Gasteiger partial charge in [0.15, 0.2) is 0 Å². The summed E-state index contributed by atoms with van der Waals surface area (Å²) >= 11 is 2.23. The van der Waals surface area contributed by atoms with Crippen LogP contribution in [0.25, 0.3) is 0 Å². The van der Waals surface area contributed by atoms with E-state index >= 15 is 0 Å². The van der Waals surface area contributed by atoms with Gasteiger partial charge < -0.3 is 0 Å². The first-order valence-electron chi connectivity index (χ1n) is 6.77. The molecule has 0 saturated heterocycles. The fourth-order valence-corrected chi connectivity index (χ4v) is 3.85. The molecule has 115 valence electrons. The zero-order valence-corrected chi connectivity index (χ0v) is 17.2. The number of benzene rings is 1. The standard InChI is InChI=1S/C16H21OSi.2ClH.Ti/c1-13(14-9-5-6-10-14)15-11-7-8-12-16(15)17-18(2,3)4;;;/h5,7-9,11-13H,6H2,1-4H3;2*1H;. The SMILES string of the molecule is CC(C1=[C]([Ti])CC=C1)c1ccccc1O[Si](C)(C)C.Cl.Cl. The van der Waals surface area contributed by atoms with Crippen molar-refractivity contribution in [1.82, 2.24) is 0 Å². The van der Waals surface area contributed by atoms with Crippen LogP contribution < -0.4 is 4.43 Å². The molecule has 1 aromatic rings. The molecule has 0 fully saturated rings. The first kappa shape index (κ1) is 21.0. The topological polar surface area (TPSA) is 9.23 Å². The van der Waals surface area contributed by atoms with E-state index in [1.807, 2.05) is 0 Å². The molecule has 21 heavy (non-hydrogen) atoms. The van der Waals surface area contributed by atoms with Gasteiger partial charge in [-0.25, -0.2) is 0 Å². The predicted molar refractivity (Wildman–Crippen MR) is 94.1 cm³/mol. The van der Waals surface area contributed by atoms with Crippen LogP contribution in [0.15, 0.2) is 45.9 Å². The molecule has 0 saturated carbocycles. The van der Waals surface area contributed by atoms with E-state index in [0.717, 1.165) is 12.2 Å². The number of para-hydroxylation sites is 1. The van der Waals surface area contributed by atoms with Crippen molar-refractivity contribution < 1.29 is 24.9 Å². The van der Waals surface area contributed by atoms with Gasteiger partial charge >= 0.3 is 129 Å². The number of rotatable bonds is 4. The number of hydrogen-bond acceptors (Lipinski definition) is 1. The van der Waals surface area contributed by atoms with Gasteiger partial charge in [0.1, 0.15) is 0 Å². The Bertz CT molecular complexity index is 535. The van der Waals surface area contributed by atoms with E-state index < -0.39 is 8.32 Å². The Morgan fingerprint density at radius 3 is 2.29 bits per heavy atom. The van der Waals surface area contributed by atoms with Crippen LogP contribution in [0, 0.1) is 0 Å². The van der Waals surface area contributed by atoms with E-state index in [1.165, 1.54) is 15.0 Å². The van der Waals surface area contributed by atoms with Crippen molar-refractivity contribution in [3.8, 4) is 5.75 Å². The summed E-state index contributed by atoms with van der Waals surface area (Å²) in [6, 6.07) is 8.49. The summed E-state index contributed by atoms with van der Waals surface area (Å²) < 4.78 is 7.72. The molecule has 0 amide bonds. The summed E-state index contributed by atoms with van der Waals surface area (Å²) in [6.45, 7) is 8.97. The molecule has 1 aromatic carbocycles. The fraction of sp³-hybridized carbons (Fsp3) is 0.375. The molecule has 0 aromatic heterocycles. The predicted octanol–water partition coefficient (Wildman–Crippen LogP) is 5.61. The van der Waals surface area contributed by atoms with Crippen LogP contribution in [0.3, 0.4) is 0 Å². The molecule has 0 spiro atoms. The Labute approximate surface area is 153 Å². The van der Waals surface area contributed by atoms with E-state index in [-0.39, 0.29) is 24.8 Å². The minimum absolute atomic E-state index is 0. The Hall–Kier alpha value is 0.0112. The molecule has 0 radical (unpaired) electrons. The quantitative estimate of drug-likeness (QED) is 0.619. The molecule has 0 aliphatic heterocycles. The first-order valence-corrected chi connectivity index (χ1v) is 11.0. The Morgan fingerprint density at radius 1 is 1.14 bits per heavy atom. The van der Waals surface area contributed by atoms with Gasteiger partial charge in [-0.15, -0.1) is 24.8 Å². The smallest absolute Gasteiger partial charge is 0.147 e. The van der Waals surface area contributed by atoms with Crippen LogP contribution in [-0.4, -0.2) is 8.32 Å². The summed E-state index contributed by atoms with van der Waals surface area (Å²) in [6.07, 6.45) is 5.62. The molecule has 1 nitrogen and oxygen atoms in total. The third-order valence-electron chi connectivity index (χ3n) is 3.24. The molecule has 0 N–H and O–H groups in total. The van der Waals surface area contributed by atoms with E-state index in [9.17, 15) is 0 Å². The normalized spacial score (nSPS) is 15.2. The Kier molecular flexibility index (Phi) is 8.60. The zero-order chi connectivity index (χ0) is 14.0. The van der Waals surface area contributed by atoms with Gasteiger partial charge in [0.25, 0.3) is 0 Å². The number of hydrogen-bond donors (Lipinski definition) is 0. The molecular formula is C16H23Cl2OSiTi. The third-order valence-corrected chi connectivity index (χ3v) is 4.84. The van der Waals surface area contributed by atoms with Crippen molar-refractivity contribution in [2.45, 2.75) is 38.9 Å². The van der Waals surface area contributed by atoms with Gasteiger partial charge in [-0.05, 0) is 0 Å². The van der Waals surface area contributed by atoms with Crippen LogP contribution in [0.1, 0.15) is 24.8 Å². The van der Waals surface area contributed by atoms with E-state index in [4.69, 9.17) is 4.43 Å². The largest absolute Gasteiger partial charge is 0.147 e. The van der Waals surface area contributed by atoms with Crippen LogP contribution in [0.2, 0.25) is 19.6 Å². The van der Waals surface area contributed by atoms with Gasteiger partial charge in [-0.3, -0.25) is 0 Å². The van der Waals surface area contributed by atoms with E-state index in [2.05, 4.69) is 83.4 Å². The minimum atomic E-state index is -1.57. The zero-order valence-electron chi connectivity index (χ0n) is 13.0. The fourth-order valence-electron chi connectivity index (χ4n) is 2.36. The molecule has 1 aliphatic carbocycles. The maximum Gasteiger partial charge on any atom is -0.147 e. The van der Waals surface area contributed by atoms with Crippen molar-refractivity contribution in [2.24, 2.45) is 0 Å². The second-order valence-corrected chi connectivity index (χ2v) is 11.4. The van der Waals surface area contributed by atoms with Gasteiger partial charge in [0.05, 0.1) is 0 Å². The average Bonchev–Trinajstić information content (AvgIpc) is 2.73. The van der Waals surface area contributed by atoms with Crippen molar-refractivity contribution in [2.75, 3.05) is 0 Å². The summed E-state index contributed by atoms with van der Waals surface area (Å²) in [7, 11) is -1.57. The average molecular weight is 378 g/mol. The molecule has 0 heterocycles. The molecule has 1 atom stereocenters. The summed E-state index contributed by atoms with van der Waals surface area (Å²) in [5.74, 6) is 1.47. The van der Waals surface area contributed by atoms with Crippen molar-refractivity contribution >= 4 is 33.1 Å². The molecule has 2 rings (SSSR count). The second kappa shape index (κ2) is 8.59. The summed E-state index contributed by atoms with van der Waals surface area (Å²) in [4.78, 5) is 0. The van der Waals surface area contributed by atoms with Crippen molar-refractivity contribution in [1.29, 1.82) is 0 Å². The molecule has 5 heteroatoms. The van der Waals surface area contributed by atoms with Crippen molar-refractivity contribution in [3.05, 3.63) is 51.4 Å². The minimum Gasteiger partial charge on any atom is -0.147 e. The van der Waals surface area contributed by atoms with Gasteiger partial charge in [-0.2, -0.15) is 0 Å². The molecular weight excluding hydrogens is 355 g/mol. The maximum absolute atomic E-state index is 6.24. The van der Waals surface area contributed by atoms with Crippen LogP contribution >= 0.6 is 24.8 Å². The number of allylic oxidation sites excluding steroid dienone is 4. The molecule has 1 unspecified atom stereocenters. The van der Waals surface area contributed by atoms with E-state index in [0.29, 0.717) is 5.92 Å². The van der Waals surface area contributed by atoms with Crippen LogP contribution in [-0.2, 0) is 20.4 Å². The van der Waals surface area contributed by atoms with Crippen molar-refractivity contribution in [3.63, 3.8) is 0 Å². The molecule has 0 bridgehead atoms. The Balaban J connectivity index is 0.00000200. The van der Waals surface area contributed by atoms with Gasteiger partial charge in [0, 0.05) is 0 Å². The summed E-state index contributed by atoms with van der Waals surface area (Å²) in [5, 5.41) is 0. The number of halogens is 2. The van der Waals surface area contributed by atoms with Crippen LogP contribution in [0.4, 0.5) is 0 Å². The monoisotopic (exact) mass is 377 g/mol. The summed E-state index contributed by atoms with van der Waals surface area (Å²) in [5.41, 5.74) is 2.76. The Morgan fingerprint density at radius 2 is 1.76 bits per heavy atom. The van der Waals surface area contributed by atoms with Gasteiger partial charge in [-0.1, -0.05) is 0 Å². The maximum atomic E-state index is 6.24. The second-order valence-electron chi connectivity index (χ2n) is 6.01.